The topological polar surface area (TPSA) is 75.6 Å². The van der Waals surface area contributed by atoms with E-state index in [0.717, 1.165) is 22.3 Å². The number of carbonyl (C=O) groups is 2. The molecule has 0 aliphatic heterocycles. The highest BCUT2D eigenvalue weighted by molar-refractivity contribution is 5.98. The molecule has 0 saturated heterocycles. The maximum atomic E-state index is 12.1. The van der Waals surface area contributed by atoms with Gasteiger partial charge in [0.2, 0.25) is 6.04 Å². The van der Waals surface area contributed by atoms with Gasteiger partial charge in [0, 0.05) is 5.92 Å². The van der Waals surface area contributed by atoms with Crippen molar-refractivity contribution in [1.29, 1.82) is 0 Å². The molecule has 0 heterocycles. The van der Waals surface area contributed by atoms with Crippen LogP contribution in [0.15, 0.2) is 48.5 Å². The van der Waals surface area contributed by atoms with Gasteiger partial charge in [0.05, 0.1) is 6.54 Å². The van der Waals surface area contributed by atoms with Gasteiger partial charge in [-0.25, -0.2) is 9.59 Å². The van der Waals surface area contributed by atoms with E-state index in [1.807, 2.05) is 48.5 Å². The van der Waals surface area contributed by atoms with Gasteiger partial charge in [0.25, 0.3) is 0 Å². The lowest BCUT2D eigenvalue weighted by Crippen LogP contribution is -2.44. The Morgan fingerprint density at radius 1 is 1.12 bits per heavy atom. The van der Waals surface area contributed by atoms with Gasteiger partial charge in [0.1, 0.15) is 6.61 Å². The molecule has 25 heavy (non-hydrogen) atoms. The van der Waals surface area contributed by atoms with E-state index in [2.05, 4.69) is 11.2 Å². The molecule has 0 aromatic heterocycles. The third-order valence-electron chi connectivity index (χ3n) is 4.25. The van der Waals surface area contributed by atoms with Crippen molar-refractivity contribution in [3.8, 4) is 23.5 Å². The van der Waals surface area contributed by atoms with Gasteiger partial charge in [0.15, 0.2) is 0 Å². The van der Waals surface area contributed by atoms with Gasteiger partial charge in [-0.05, 0) is 22.3 Å². The number of nitrogens with one attached hydrogen (secondary N) is 1. The zero-order valence-electron chi connectivity index (χ0n) is 13.4. The molecule has 0 radical (unpaired) electrons. The first kappa shape index (κ1) is 16.7. The van der Waals surface area contributed by atoms with Crippen LogP contribution in [-0.2, 0) is 14.3 Å². The second-order valence-corrected chi connectivity index (χ2v) is 5.71. The Labute approximate surface area is 145 Å². The highest BCUT2D eigenvalue weighted by Crippen LogP contribution is 2.44. The van der Waals surface area contributed by atoms with Gasteiger partial charge in [-0.3, -0.25) is 5.32 Å². The lowest BCUT2D eigenvalue weighted by Gasteiger charge is -2.17. The minimum absolute atomic E-state index is 0.0266. The highest BCUT2D eigenvalue weighted by Gasteiger charge is 2.32. The molecule has 2 aromatic carbocycles. The van der Waals surface area contributed by atoms with E-state index in [0.29, 0.717) is 0 Å². The van der Waals surface area contributed by atoms with Crippen molar-refractivity contribution in [2.45, 2.75) is 12.0 Å². The minimum atomic E-state index is -1.47. The Morgan fingerprint density at radius 3 is 2.20 bits per heavy atom. The largest absolute Gasteiger partial charge is 0.480 e. The summed E-state index contributed by atoms with van der Waals surface area (Å²) in [5, 5.41) is 11.6. The summed E-state index contributed by atoms with van der Waals surface area (Å²) in [7, 11) is 0. The number of carboxylic acids is 1. The number of benzene rings is 2. The number of terminal acetylenes is 1. The number of carbonyl (C=O) groups excluding carboxylic acids is 1. The third kappa shape index (κ3) is 3.25. The summed E-state index contributed by atoms with van der Waals surface area (Å²) in [6, 6.07) is 14.4. The summed E-state index contributed by atoms with van der Waals surface area (Å²) < 4.78 is 5.31. The van der Waals surface area contributed by atoms with E-state index in [-0.39, 0.29) is 19.1 Å². The van der Waals surface area contributed by atoms with Crippen LogP contribution in [0, 0.1) is 12.3 Å². The Hall–Kier alpha value is -3.10. The molecule has 1 atom stereocenters. The van der Waals surface area contributed by atoms with E-state index < -0.39 is 18.0 Å². The number of esters is 1. The van der Waals surface area contributed by atoms with Crippen molar-refractivity contribution < 1.29 is 19.4 Å². The fraction of sp³-hybridized carbons (Fsp3) is 0.200. The Kier molecular flexibility index (Phi) is 4.82. The normalized spacial score (nSPS) is 13.4. The fourth-order valence-electron chi connectivity index (χ4n) is 3.12. The van der Waals surface area contributed by atoms with E-state index in [1.54, 1.807) is 0 Å². The zero-order valence-corrected chi connectivity index (χ0v) is 13.4. The summed E-state index contributed by atoms with van der Waals surface area (Å²) in [5.41, 5.74) is 4.36. The van der Waals surface area contributed by atoms with Crippen molar-refractivity contribution in [3.63, 3.8) is 0 Å². The van der Waals surface area contributed by atoms with Crippen LogP contribution in [-0.4, -0.2) is 36.2 Å². The summed E-state index contributed by atoms with van der Waals surface area (Å²) in [6.07, 6.45) is 5.10. The predicted molar refractivity (Wildman–Crippen MR) is 92.9 cm³/mol. The number of rotatable bonds is 6. The molecule has 0 spiro atoms. The van der Waals surface area contributed by atoms with Crippen molar-refractivity contribution in [2.24, 2.45) is 0 Å². The summed E-state index contributed by atoms with van der Waals surface area (Å²) in [5.74, 6) is -0.0191. The molecule has 1 aliphatic rings. The maximum Gasteiger partial charge on any atom is 0.334 e. The molecule has 2 aromatic rings. The molecule has 1 unspecified atom stereocenters. The van der Waals surface area contributed by atoms with E-state index in [9.17, 15) is 9.59 Å². The summed E-state index contributed by atoms with van der Waals surface area (Å²) in [4.78, 5) is 23.3. The number of hydrogen-bond donors (Lipinski definition) is 2. The van der Waals surface area contributed by atoms with Gasteiger partial charge >= 0.3 is 11.9 Å². The fourth-order valence-corrected chi connectivity index (χ4v) is 3.12. The molecule has 5 heteroatoms. The van der Waals surface area contributed by atoms with Crippen LogP contribution >= 0.6 is 0 Å². The van der Waals surface area contributed by atoms with Crippen LogP contribution in [0.4, 0.5) is 0 Å². The monoisotopic (exact) mass is 335 g/mol. The maximum absolute atomic E-state index is 12.1. The average molecular weight is 335 g/mol. The van der Waals surface area contributed by atoms with Crippen molar-refractivity contribution in [1.82, 2.24) is 5.32 Å². The molecule has 0 amide bonds. The first-order chi connectivity index (χ1) is 12.1. The molecule has 5 nitrogen and oxygen atoms in total. The third-order valence-corrected chi connectivity index (χ3v) is 4.25. The quantitative estimate of drug-likeness (QED) is 0.480. The molecular formula is C20H17NO4. The van der Waals surface area contributed by atoms with Crippen LogP contribution in [0.1, 0.15) is 17.0 Å². The lowest BCUT2D eigenvalue weighted by atomic mass is 9.98. The van der Waals surface area contributed by atoms with E-state index >= 15 is 0 Å². The standard InChI is InChI=1S/C20H17NO4/c1-2-11-21-18(19(22)23)20(24)25-12-17-15-9-5-3-7-13(15)14-8-4-6-10-16(14)17/h1,3-10,17-18,21H,11-12H2,(H,22,23). The number of hydrogen-bond acceptors (Lipinski definition) is 4. The van der Waals surface area contributed by atoms with Gasteiger partial charge in [-0.2, -0.15) is 0 Å². The van der Waals surface area contributed by atoms with E-state index in [1.165, 1.54) is 0 Å². The van der Waals surface area contributed by atoms with Crippen LogP contribution in [0.25, 0.3) is 11.1 Å². The summed E-state index contributed by atoms with van der Waals surface area (Å²) >= 11 is 0. The minimum Gasteiger partial charge on any atom is -0.480 e. The summed E-state index contributed by atoms with van der Waals surface area (Å²) in [6.45, 7) is 0.0511. The Bertz CT molecular complexity index is 807. The average Bonchev–Trinajstić information content (AvgIpc) is 2.94. The number of ether oxygens (including phenoxy) is 1. The number of aliphatic carboxylic acids is 1. The highest BCUT2D eigenvalue weighted by atomic mass is 16.5. The van der Waals surface area contributed by atoms with Crippen LogP contribution in [0.2, 0.25) is 0 Å². The van der Waals surface area contributed by atoms with E-state index in [4.69, 9.17) is 16.3 Å². The lowest BCUT2D eigenvalue weighted by molar-refractivity contribution is -0.155. The Morgan fingerprint density at radius 2 is 1.68 bits per heavy atom. The van der Waals surface area contributed by atoms with Gasteiger partial charge < -0.3 is 9.84 Å². The number of fused-ring (bicyclic) bond motifs is 3. The second kappa shape index (κ2) is 7.20. The van der Waals surface area contributed by atoms with Gasteiger partial charge in [-0.1, -0.05) is 54.5 Å². The van der Waals surface area contributed by atoms with Gasteiger partial charge in [-0.15, -0.1) is 6.42 Å². The van der Waals surface area contributed by atoms with Crippen LogP contribution < -0.4 is 5.32 Å². The second-order valence-electron chi connectivity index (χ2n) is 5.71. The molecule has 0 bridgehead atoms. The first-order valence-corrected chi connectivity index (χ1v) is 7.88. The Balaban J connectivity index is 1.78. The first-order valence-electron chi connectivity index (χ1n) is 7.88. The van der Waals surface area contributed by atoms with Crippen molar-refractivity contribution in [3.05, 3.63) is 59.7 Å². The molecule has 1 aliphatic carbocycles. The van der Waals surface area contributed by atoms with Crippen LogP contribution in [0.5, 0.6) is 0 Å². The molecule has 126 valence electrons. The zero-order chi connectivity index (χ0) is 17.8. The van der Waals surface area contributed by atoms with Crippen molar-refractivity contribution in [2.75, 3.05) is 13.2 Å². The molecular weight excluding hydrogens is 318 g/mol. The number of carboxylic acid groups (broad SMARTS) is 1. The molecule has 0 fully saturated rings. The van der Waals surface area contributed by atoms with Crippen molar-refractivity contribution >= 4 is 11.9 Å². The van der Waals surface area contributed by atoms with Crippen LogP contribution in [0.3, 0.4) is 0 Å². The smallest absolute Gasteiger partial charge is 0.334 e. The molecule has 0 saturated carbocycles. The SMILES string of the molecule is C#CCNC(C(=O)O)C(=O)OCC1c2ccccc2-c2ccccc21. The molecule has 3 rings (SSSR count). The predicted octanol–water partition coefficient (Wildman–Crippen LogP) is 2.02. The molecule has 2 N–H and O–H groups in total.